The van der Waals surface area contributed by atoms with Gasteiger partial charge >= 0.3 is 0 Å². The zero-order chi connectivity index (χ0) is 87.8. The first-order valence-corrected chi connectivity index (χ1v) is 40.6. The lowest BCUT2D eigenvalue weighted by Crippen LogP contribution is -2.01. The van der Waals surface area contributed by atoms with Gasteiger partial charge in [-0.15, -0.1) is 0 Å². The molecule has 0 fully saturated rings. The van der Waals surface area contributed by atoms with Gasteiger partial charge in [-0.3, -0.25) is 59.2 Å². The lowest BCUT2D eigenvalue weighted by molar-refractivity contribution is 0.455. The molecule has 0 aliphatic heterocycles. The van der Waals surface area contributed by atoms with Crippen molar-refractivity contribution in [3.8, 4) is 66.8 Å². The van der Waals surface area contributed by atoms with Crippen LogP contribution in [0.3, 0.4) is 0 Å². The van der Waals surface area contributed by atoms with Crippen LogP contribution in [0.2, 0.25) is 0 Å². The third-order valence-electron chi connectivity index (χ3n) is 23.2. The van der Waals surface area contributed by atoms with E-state index < -0.39 is 18.3 Å². The van der Waals surface area contributed by atoms with Gasteiger partial charge < -0.3 is 42.8 Å². The monoisotopic (exact) mass is 1690 g/mol. The van der Waals surface area contributed by atoms with Crippen LogP contribution >= 0.6 is 0 Å². The van der Waals surface area contributed by atoms with E-state index in [0.29, 0.717) is 34.0 Å². The summed E-state index contributed by atoms with van der Waals surface area (Å²) in [7, 11) is 7.81. The van der Waals surface area contributed by atoms with Crippen molar-refractivity contribution >= 4 is 131 Å². The molecule has 0 saturated carbocycles. The molecule has 128 heavy (non-hydrogen) atoms. The highest BCUT2D eigenvalue weighted by Crippen LogP contribution is 2.40. The topological polar surface area (TPSA) is 255 Å². The average molecular weight is 1690 g/mol. The van der Waals surface area contributed by atoms with Gasteiger partial charge in [0.05, 0.1) is 45.2 Å². The normalized spacial score (nSPS) is 11.3. The molecule has 0 bridgehead atoms. The number of aromatic nitrogens is 18. The van der Waals surface area contributed by atoms with Crippen LogP contribution in [0.15, 0.2) is 339 Å². The van der Waals surface area contributed by atoms with Gasteiger partial charge in [-0.2, -0.15) is 0 Å². The van der Waals surface area contributed by atoms with E-state index in [9.17, 15) is 36.3 Å². The maximum absolute atomic E-state index is 14.7. The van der Waals surface area contributed by atoms with Crippen LogP contribution in [0.25, 0.3) is 198 Å². The Balaban J connectivity index is 0.0000001000. The summed E-state index contributed by atoms with van der Waals surface area (Å²) in [5.74, 6) is -2.19. The standard InChI is InChI=1S/C18H14FN3O.C17H11F2N3.2C17H12FN3.C17H13N3O.C16H11N3O/c19-6-8-22-16-5-7-20-11-15(16)14-3-1-12(9-17(14)22)13-2-4-18(23)21-10-13;1-22-13-4-6-21-9-12(13)15-14(22)7-11(16(18)17(15)19)10-3-2-5-20-8-10;1-21-16-4-6-20-10-14(16)13-7-15(18)12(8-17(13)21)11-3-2-5-19-9-11;1-21-15-4-6-20-10-13(15)17-14(18)7-12(8-16(17)21)11-3-2-5-19-9-11;1-20-15-6-7-18-10-14(15)13-4-2-11(8-16(13)20)12-3-5-17(21)19-9-12;20-16-4-2-11(8-18-16)10-1-3-12-13-9-17-6-5-14(13)19-15(12)7-10/h1-5,7,9-11H,6,8H2,(H,21,23);2-9H,1H3;2*2-10H,1H3;2-10H,1H3,(H,19,21);1-9,19H,(H,18,20). The third-order valence-corrected chi connectivity index (χ3v) is 23.2. The molecule has 4 N–H and O–H groups in total. The summed E-state index contributed by atoms with van der Waals surface area (Å²) in [6, 6.07) is 59.7. The number of aryl methyl sites for hydroxylation is 5. The molecule has 0 saturated heterocycles. The van der Waals surface area contributed by atoms with Crippen molar-refractivity contribution in [1.82, 2.24) is 87.6 Å². The number of rotatable bonds is 8. The maximum atomic E-state index is 14.7. The molecule has 0 atom stereocenters. The van der Waals surface area contributed by atoms with Gasteiger partial charge in [0.2, 0.25) is 16.7 Å². The predicted octanol–water partition coefficient (Wildman–Crippen LogP) is 21.6. The summed E-state index contributed by atoms with van der Waals surface area (Å²) in [5.41, 5.74) is 21.2. The van der Waals surface area contributed by atoms with E-state index in [1.54, 1.807) is 148 Å². The molecule has 0 amide bonds. The Morgan fingerprint density at radius 1 is 0.273 bits per heavy atom. The third kappa shape index (κ3) is 15.2. The van der Waals surface area contributed by atoms with Crippen LogP contribution in [0.1, 0.15) is 0 Å². The van der Waals surface area contributed by atoms with E-state index in [-0.39, 0.29) is 39.3 Å². The summed E-state index contributed by atoms with van der Waals surface area (Å²) >= 11 is 0. The van der Waals surface area contributed by atoms with E-state index in [2.05, 4.69) is 117 Å². The molecule has 21 nitrogen and oxygen atoms in total. The number of hydrogen-bond donors (Lipinski definition) is 4. The highest BCUT2D eigenvalue weighted by atomic mass is 19.2. The SMILES string of the molecule is Cn1c2ccncc2c2c(F)c(F)c(-c3cccnc3)cc21.Cn1c2ccncc2c2c(F)cc(-c3cccnc3)cc21.Cn1c2ccncc2c2cc(F)c(-c3cccnc3)cc21.Cn1c2ccncc2c2ccc(-c3ccc(=O)[nH]c3)cc21.O=c1ccc(-c2ccc3c(c2)[nH]c2ccncc23)c[nH]1.O=c1ccc(-c2ccc3c4cnccc4n(CCF)c3c2)c[nH]1. The number of hydrogen-bond acceptors (Lipinski definition) is 12. The fraction of sp³-hybridized carbons (Fsp3) is 0.0588. The lowest BCUT2D eigenvalue weighted by atomic mass is 10.0. The van der Waals surface area contributed by atoms with Crippen molar-refractivity contribution in [2.45, 2.75) is 6.54 Å². The van der Waals surface area contributed by atoms with E-state index in [0.717, 1.165) is 148 Å². The lowest BCUT2D eigenvalue weighted by Gasteiger charge is -2.06. The average Bonchev–Trinajstić information content (AvgIpc) is 1.58. The summed E-state index contributed by atoms with van der Waals surface area (Å²) in [6.07, 6.45) is 36.1. The van der Waals surface area contributed by atoms with Gasteiger partial charge in [0.25, 0.3) is 0 Å². The van der Waals surface area contributed by atoms with Crippen LogP contribution in [0.4, 0.5) is 22.0 Å². The predicted molar refractivity (Wildman–Crippen MR) is 497 cm³/mol. The molecule has 0 spiro atoms. The summed E-state index contributed by atoms with van der Waals surface area (Å²) in [6.45, 7) is -0.122. The van der Waals surface area contributed by atoms with Gasteiger partial charge in [0, 0.05) is 297 Å². The molecule has 6 aromatic carbocycles. The minimum atomic E-state index is -0.864. The molecule has 24 rings (SSSR count). The van der Waals surface area contributed by atoms with E-state index >= 15 is 0 Å². The van der Waals surface area contributed by atoms with Crippen molar-refractivity contribution in [2.24, 2.45) is 28.2 Å². The number of aromatic amines is 4. The van der Waals surface area contributed by atoms with Gasteiger partial charge in [0.1, 0.15) is 18.3 Å². The zero-order valence-corrected chi connectivity index (χ0v) is 68.9. The Morgan fingerprint density at radius 2 is 0.672 bits per heavy atom. The fourth-order valence-electron chi connectivity index (χ4n) is 16.9. The Bertz CT molecular complexity index is 8510. The molecule has 624 valence electrons. The molecule has 0 unspecified atom stereocenters. The Morgan fingerprint density at radius 3 is 1.20 bits per heavy atom. The van der Waals surface area contributed by atoms with Crippen molar-refractivity contribution in [1.29, 1.82) is 0 Å². The van der Waals surface area contributed by atoms with Crippen molar-refractivity contribution < 1.29 is 22.0 Å². The first-order valence-electron chi connectivity index (χ1n) is 40.6. The minimum Gasteiger partial charge on any atom is -0.354 e. The number of fused-ring (bicyclic) bond motifs is 18. The molecule has 18 heterocycles. The first-order chi connectivity index (χ1) is 62.5. The maximum Gasteiger partial charge on any atom is 0.247 e. The van der Waals surface area contributed by atoms with Gasteiger partial charge in [0.15, 0.2) is 11.6 Å². The van der Waals surface area contributed by atoms with Gasteiger partial charge in [-0.1, -0.05) is 54.6 Å². The highest BCUT2D eigenvalue weighted by molar-refractivity contribution is 6.14. The highest BCUT2D eigenvalue weighted by Gasteiger charge is 2.23. The molecule has 26 heteroatoms. The summed E-state index contributed by atoms with van der Waals surface area (Å²) in [5, 5.41) is 10.9. The molecule has 24 aromatic rings. The fourth-order valence-corrected chi connectivity index (χ4v) is 16.9. The van der Waals surface area contributed by atoms with Crippen LogP contribution in [0, 0.1) is 23.3 Å². The van der Waals surface area contributed by atoms with E-state index in [1.165, 1.54) is 29.2 Å². The number of H-pyrrole nitrogens is 4. The van der Waals surface area contributed by atoms with Crippen LogP contribution in [-0.2, 0) is 34.7 Å². The molecular formula is C102H73F5N18O3. The second-order valence-corrected chi connectivity index (χ2v) is 30.5. The van der Waals surface area contributed by atoms with Gasteiger partial charge in [-0.05, 0) is 160 Å². The van der Waals surface area contributed by atoms with Crippen molar-refractivity contribution in [3.63, 3.8) is 0 Å². The number of alkyl halides is 1. The number of benzene rings is 6. The number of halogens is 5. The quantitative estimate of drug-likeness (QED) is 0.104. The molecule has 0 radical (unpaired) electrons. The number of pyridine rings is 12. The van der Waals surface area contributed by atoms with E-state index in [4.69, 9.17) is 0 Å². The number of nitrogens with zero attached hydrogens (tertiary/aromatic N) is 14. The minimum absolute atomic E-state index is 0.0875. The van der Waals surface area contributed by atoms with Crippen LogP contribution < -0.4 is 16.7 Å². The molecule has 0 aliphatic rings. The Kier molecular flexibility index (Phi) is 21.7. The second-order valence-electron chi connectivity index (χ2n) is 30.5. The summed E-state index contributed by atoms with van der Waals surface area (Å²) in [4.78, 5) is 81.9. The Labute approximate surface area is 723 Å². The van der Waals surface area contributed by atoms with Gasteiger partial charge in [-0.25, -0.2) is 22.0 Å². The van der Waals surface area contributed by atoms with Crippen molar-refractivity contribution in [2.75, 3.05) is 6.67 Å². The molecular weight excluding hydrogens is 1620 g/mol. The van der Waals surface area contributed by atoms with Crippen LogP contribution in [-0.4, -0.2) is 94.3 Å². The summed E-state index contributed by atoms with van der Waals surface area (Å²) < 4.78 is 81.3. The largest absolute Gasteiger partial charge is 0.354 e. The first kappa shape index (κ1) is 80.7. The smallest absolute Gasteiger partial charge is 0.247 e. The zero-order valence-electron chi connectivity index (χ0n) is 68.9. The van der Waals surface area contributed by atoms with E-state index in [1.807, 2.05) is 157 Å². The van der Waals surface area contributed by atoms with Crippen LogP contribution in [0.5, 0.6) is 0 Å². The second kappa shape index (κ2) is 34.4. The van der Waals surface area contributed by atoms with Crippen molar-refractivity contribution in [3.05, 3.63) is 379 Å². The Hall–Kier alpha value is -17.0. The molecule has 0 aliphatic carbocycles. The molecule has 18 aromatic heterocycles. The number of nitrogens with one attached hydrogen (secondary N) is 4.